The molecule has 1 atom stereocenters. The molecular formula is C21H26O3. The molecule has 3 aliphatic carbocycles. The molecule has 0 saturated heterocycles. The molecule has 1 aromatic carbocycles. The first-order chi connectivity index (χ1) is 11.5. The third-order valence-electron chi connectivity index (χ3n) is 6.76. The van der Waals surface area contributed by atoms with Crippen LogP contribution in [0.25, 0.3) is 0 Å². The van der Waals surface area contributed by atoms with E-state index in [1.54, 1.807) is 0 Å². The number of esters is 1. The molecule has 0 aliphatic heterocycles. The molecule has 1 aromatic rings. The summed E-state index contributed by atoms with van der Waals surface area (Å²) in [5, 5.41) is 0. The monoisotopic (exact) mass is 326 g/mol. The fourth-order valence-electron chi connectivity index (χ4n) is 5.26. The largest absolute Gasteiger partial charge is 0.469 e. The van der Waals surface area contributed by atoms with Gasteiger partial charge in [-0.15, -0.1) is 0 Å². The van der Waals surface area contributed by atoms with Gasteiger partial charge in [0.05, 0.1) is 7.11 Å². The minimum atomic E-state index is -0.0758. The van der Waals surface area contributed by atoms with E-state index >= 15 is 0 Å². The van der Waals surface area contributed by atoms with Gasteiger partial charge in [0.1, 0.15) is 0 Å². The third kappa shape index (κ3) is 2.40. The highest BCUT2D eigenvalue weighted by atomic mass is 16.5. The fourth-order valence-corrected chi connectivity index (χ4v) is 5.26. The van der Waals surface area contributed by atoms with Crippen LogP contribution in [0.5, 0.6) is 0 Å². The SMILES string of the molecule is COC(=O)CC1CCC2(CCc3cc4c(cc32)CC(C)C4=O)CC1. The van der Waals surface area contributed by atoms with Crippen LogP contribution in [-0.4, -0.2) is 18.9 Å². The standard InChI is InChI=1S/C21H26O3/c1-13-9-16-12-18-15(11-17(16)20(13)23)5-8-21(18)6-3-14(4-7-21)10-19(22)24-2/h11-14H,3-10H2,1-2H3. The predicted octanol–water partition coefficient (Wildman–Crippen LogP) is 4.00. The van der Waals surface area contributed by atoms with Crippen molar-refractivity contribution in [2.45, 2.75) is 63.7 Å². The average Bonchev–Trinajstić information content (AvgIpc) is 3.07. The second-order valence-electron chi connectivity index (χ2n) is 8.14. The fraction of sp³-hybridized carbons (Fsp3) is 0.619. The number of carbonyl (C=O) groups is 2. The number of ketones is 1. The van der Waals surface area contributed by atoms with Crippen LogP contribution >= 0.6 is 0 Å². The summed E-state index contributed by atoms with van der Waals surface area (Å²) in [6.45, 7) is 2.04. The summed E-state index contributed by atoms with van der Waals surface area (Å²) in [7, 11) is 1.47. The molecule has 3 heteroatoms. The van der Waals surface area contributed by atoms with Crippen LogP contribution in [0.4, 0.5) is 0 Å². The Morgan fingerprint density at radius 3 is 2.67 bits per heavy atom. The minimum absolute atomic E-state index is 0.0758. The maximum absolute atomic E-state index is 12.3. The van der Waals surface area contributed by atoms with Gasteiger partial charge in [-0.25, -0.2) is 0 Å². The molecule has 1 unspecified atom stereocenters. The Morgan fingerprint density at radius 2 is 1.96 bits per heavy atom. The number of aryl methyl sites for hydroxylation is 1. The van der Waals surface area contributed by atoms with Gasteiger partial charge in [0.25, 0.3) is 0 Å². The number of rotatable bonds is 2. The zero-order valence-electron chi connectivity index (χ0n) is 14.7. The number of carbonyl (C=O) groups excluding carboxylic acids is 2. The van der Waals surface area contributed by atoms with Crippen molar-refractivity contribution in [1.82, 2.24) is 0 Å². The van der Waals surface area contributed by atoms with E-state index in [-0.39, 0.29) is 11.9 Å². The summed E-state index contributed by atoms with van der Waals surface area (Å²) < 4.78 is 4.83. The lowest BCUT2D eigenvalue weighted by Gasteiger charge is -2.38. The number of ether oxygens (including phenoxy) is 1. The van der Waals surface area contributed by atoms with Crippen molar-refractivity contribution >= 4 is 11.8 Å². The molecule has 1 fully saturated rings. The highest BCUT2D eigenvalue weighted by Crippen LogP contribution is 2.51. The van der Waals surface area contributed by atoms with E-state index in [0.29, 0.717) is 23.5 Å². The van der Waals surface area contributed by atoms with E-state index in [0.717, 1.165) is 31.2 Å². The van der Waals surface area contributed by atoms with Gasteiger partial charge in [-0.3, -0.25) is 9.59 Å². The normalized spacial score (nSPS) is 31.2. The summed E-state index contributed by atoms with van der Waals surface area (Å²) in [6, 6.07) is 4.56. The Hall–Kier alpha value is -1.64. The second kappa shape index (κ2) is 5.72. The van der Waals surface area contributed by atoms with Crippen LogP contribution in [0.3, 0.4) is 0 Å². The Kier molecular flexibility index (Phi) is 3.78. The van der Waals surface area contributed by atoms with Gasteiger partial charge in [-0.05, 0) is 79.0 Å². The molecule has 0 heterocycles. The van der Waals surface area contributed by atoms with E-state index in [4.69, 9.17) is 4.74 Å². The predicted molar refractivity (Wildman–Crippen MR) is 92.2 cm³/mol. The molecule has 128 valence electrons. The Labute approximate surface area is 143 Å². The second-order valence-corrected chi connectivity index (χ2v) is 8.14. The van der Waals surface area contributed by atoms with Gasteiger partial charge < -0.3 is 4.74 Å². The van der Waals surface area contributed by atoms with Crippen molar-refractivity contribution in [1.29, 1.82) is 0 Å². The summed E-state index contributed by atoms with van der Waals surface area (Å²) >= 11 is 0. The van der Waals surface area contributed by atoms with Gasteiger partial charge in [0.2, 0.25) is 0 Å². The van der Waals surface area contributed by atoms with E-state index in [1.807, 2.05) is 6.92 Å². The van der Waals surface area contributed by atoms with Crippen LogP contribution in [0, 0.1) is 11.8 Å². The van der Waals surface area contributed by atoms with E-state index in [9.17, 15) is 9.59 Å². The number of hydrogen-bond donors (Lipinski definition) is 0. The Balaban J connectivity index is 1.56. The van der Waals surface area contributed by atoms with Crippen LogP contribution < -0.4 is 0 Å². The van der Waals surface area contributed by atoms with Gasteiger partial charge >= 0.3 is 5.97 Å². The topological polar surface area (TPSA) is 43.4 Å². The number of benzene rings is 1. The summed E-state index contributed by atoms with van der Waals surface area (Å²) in [6.07, 6.45) is 8.35. The number of Topliss-reactive ketones (excluding diaryl/α,β-unsaturated/α-hetero) is 1. The zero-order chi connectivity index (χ0) is 16.9. The molecule has 0 radical (unpaired) electrons. The van der Waals surface area contributed by atoms with Crippen LogP contribution in [0.2, 0.25) is 0 Å². The first-order valence-corrected chi connectivity index (χ1v) is 9.30. The molecule has 3 nitrogen and oxygen atoms in total. The van der Waals surface area contributed by atoms with Crippen LogP contribution in [-0.2, 0) is 27.8 Å². The lowest BCUT2D eigenvalue weighted by molar-refractivity contribution is -0.142. The van der Waals surface area contributed by atoms with Crippen molar-refractivity contribution in [2.24, 2.45) is 11.8 Å². The molecule has 0 N–H and O–H groups in total. The molecule has 3 aliphatic rings. The van der Waals surface area contributed by atoms with Gasteiger partial charge in [0, 0.05) is 17.9 Å². The lowest BCUT2D eigenvalue weighted by atomic mass is 9.66. The maximum Gasteiger partial charge on any atom is 0.305 e. The first-order valence-electron chi connectivity index (χ1n) is 9.30. The van der Waals surface area contributed by atoms with Gasteiger partial charge in [0.15, 0.2) is 5.78 Å². The number of hydrogen-bond acceptors (Lipinski definition) is 3. The van der Waals surface area contributed by atoms with E-state index in [1.165, 1.54) is 43.1 Å². The highest BCUT2D eigenvalue weighted by Gasteiger charge is 2.43. The quantitative estimate of drug-likeness (QED) is 0.772. The molecule has 0 bridgehead atoms. The molecule has 1 spiro atoms. The molecular weight excluding hydrogens is 300 g/mol. The average molecular weight is 326 g/mol. The molecule has 1 saturated carbocycles. The molecule has 4 rings (SSSR count). The van der Waals surface area contributed by atoms with Gasteiger partial charge in [-0.2, -0.15) is 0 Å². The van der Waals surface area contributed by atoms with Crippen molar-refractivity contribution in [3.8, 4) is 0 Å². The first kappa shape index (κ1) is 15.9. The lowest BCUT2D eigenvalue weighted by Crippen LogP contribution is -2.30. The summed E-state index contributed by atoms with van der Waals surface area (Å²) in [5.74, 6) is 0.876. The van der Waals surface area contributed by atoms with Crippen LogP contribution in [0.15, 0.2) is 12.1 Å². The van der Waals surface area contributed by atoms with Crippen molar-refractivity contribution in [3.63, 3.8) is 0 Å². The number of fused-ring (bicyclic) bond motifs is 3. The van der Waals surface area contributed by atoms with Crippen LogP contribution in [0.1, 0.15) is 72.5 Å². The Morgan fingerprint density at radius 1 is 1.21 bits per heavy atom. The van der Waals surface area contributed by atoms with E-state index in [2.05, 4.69) is 12.1 Å². The van der Waals surface area contributed by atoms with Crippen molar-refractivity contribution in [2.75, 3.05) is 7.11 Å². The van der Waals surface area contributed by atoms with E-state index < -0.39 is 0 Å². The molecule has 0 aromatic heterocycles. The third-order valence-corrected chi connectivity index (χ3v) is 6.76. The van der Waals surface area contributed by atoms with Gasteiger partial charge in [-0.1, -0.05) is 13.0 Å². The summed E-state index contributed by atoms with van der Waals surface area (Å²) in [4.78, 5) is 23.8. The maximum atomic E-state index is 12.3. The Bertz CT molecular complexity index is 695. The van der Waals surface area contributed by atoms with Crippen molar-refractivity contribution < 1.29 is 14.3 Å². The summed E-state index contributed by atoms with van der Waals surface area (Å²) in [5.41, 5.74) is 5.47. The number of methoxy groups -OCH3 is 1. The van der Waals surface area contributed by atoms with Crippen molar-refractivity contribution in [3.05, 3.63) is 34.4 Å². The highest BCUT2D eigenvalue weighted by molar-refractivity contribution is 6.02. The molecule has 0 amide bonds. The zero-order valence-corrected chi connectivity index (χ0v) is 14.7. The minimum Gasteiger partial charge on any atom is -0.469 e. The smallest absolute Gasteiger partial charge is 0.305 e. The molecule has 24 heavy (non-hydrogen) atoms.